The van der Waals surface area contributed by atoms with Gasteiger partial charge in [-0.25, -0.2) is 9.59 Å². The maximum Gasteiger partial charge on any atom is 0.493 e. The van der Waals surface area contributed by atoms with Crippen LogP contribution in [-0.2, 0) is 30.6 Å². The van der Waals surface area contributed by atoms with Gasteiger partial charge < -0.3 is 24.5 Å². The molecule has 3 aromatic rings. The summed E-state index contributed by atoms with van der Waals surface area (Å²) in [6.07, 6.45) is -2.02. The normalized spacial score (nSPS) is 18.4. The lowest BCUT2D eigenvalue weighted by atomic mass is 9.84. The number of hydroxylamine groups is 1. The van der Waals surface area contributed by atoms with Crippen LogP contribution in [0.2, 0.25) is 0 Å². The van der Waals surface area contributed by atoms with Gasteiger partial charge in [-0.05, 0) is 68.5 Å². The molecule has 1 aromatic heterocycles. The molecule has 250 valence electrons. The van der Waals surface area contributed by atoms with Crippen LogP contribution in [0.15, 0.2) is 54.6 Å². The van der Waals surface area contributed by atoms with Gasteiger partial charge in [-0.1, -0.05) is 31.0 Å². The highest BCUT2D eigenvalue weighted by molar-refractivity contribution is 5.96. The smallest absolute Gasteiger partial charge is 0.489 e. The molecule has 2 aromatic carbocycles. The molecule has 0 spiro atoms. The summed E-state index contributed by atoms with van der Waals surface area (Å²) in [6.45, 7) is 2.16. The first-order valence-electron chi connectivity index (χ1n) is 15.4. The van der Waals surface area contributed by atoms with Crippen molar-refractivity contribution in [3.63, 3.8) is 0 Å². The largest absolute Gasteiger partial charge is 0.493 e. The third-order valence-electron chi connectivity index (χ3n) is 8.38. The van der Waals surface area contributed by atoms with Crippen molar-refractivity contribution in [2.75, 3.05) is 25.0 Å². The number of amides is 3. The molecular formula is C33H35F3N4O7. The van der Waals surface area contributed by atoms with Crippen LogP contribution in [0.1, 0.15) is 43.4 Å². The molecule has 3 amide bonds. The lowest BCUT2D eigenvalue weighted by Crippen LogP contribution is -2.53. The number of aryl methyl sites for hydroxylation is 1. The number of ether oxygens (including phenoxy) is 2. The molecule has 1 saturated carbocycles. The second kappa shape index (κ2) is 14.7. The Kier molecular flexibility index (Phi) is 10.5. The number of piperidine rings is 1. The van der Waals surface area contributed by atoms with Crippen LogP contribution in [0.25, 0.3) is 10.9 Å². The molecule has 2 fully saturated rings. The minimum atomic E-state index is -5.34. The first-order valence-corrected chi connectivity index (χ1v) is 15.4. The SMILES string of the molecule is Cc1cc(COc2ccc(NC(=O)C3CCN(C(=O)OCC4CCCC4)CC3C(=O)NOC(=O)C(F)(F)F)cc2)c2ccccc2n1. The highest BCUT2D eigenvalue weighted by Gasteiger charge is 2.44. The van der Waals surface area contributed by atoms with Crippen LogP contribution in [0.4, 0.5) is 23.7 Å². The average Bonchev–Trinajstić information content (AvgIpc) is 3.58. The van der Waals surface area contributed by atoms with Crippen molar-refractivity contribution < 1.29 is 46.7 Å². The quantitative estimate of drug-likeness (QED) is 0.305. The molecule has 2 atom stereocenters. The van der Waals surface area contributed by atoms with Crippen LogP contribution >= 0.6 is 0 Å². The molecule has 2 aliphatic rings. The molecule has 1 aliphatic carbocycles. The van der Waals surface area contributed by atoms with Crippen molar-refractivity contribution in [3.05, 3.63) is 65.9 Å². The Morgan fingerprint density at radius 2 is 1.68 bits per heavy atom. The fourth-order valence-corrected chi connectivity index (χ4v) is 5.93. The number of pyridine rings is 1. The van der Waals surface area contributed by atoms with Crippen molar-refractivity contribution in [2.45, 2.75) is 51.8 Å². The summed E-state index contributed by atoms with van der Waals surface area (Å²) in [5, 5.41) is 3.69. The van der Waals surface area contributed by atoms with Gasteiger partial charge in [0.2, 0.25) is 5.91 Å². The third-order valence-corrected chi connectivity index (χ3v) is 8.38. The van der Waals surface area contributed by atoms with Crippen LogP contribution in [0.5, 0.6) is 5.75 Å². The molecule has 1 saturated heterocycles. The molecule has 5 rings (SSSR count). The number of halogens is 3. The van der Waals surface area contributed by atoms with E-state index in [4.69, 9.17) is 9.47 Å². The summed E-state index contributed by atoms with van der Waals surface area (Å²) >= 11 is 0. The van der Waals surface area contributed by atoms with Gasteiger partial charge in [-0.2, -0.15) is 18.7 Å². The van der Waals surface area contributed by atoms with Crippen LogP contribution in [-0.4, -0.2) is 59.6 Å². The molecule has 1 aliphatic heterocycles. The van der Waals surface area contributed by atoms with Crippen molar-refractivity contribution in [2.24, 2.45) is 17.8 Å². The van der Waals surface area contributed by atoms with Crippen molar-refractivity contribution in [3.8, 4) is 5.75 Å². The highest BCUT2D eigenvalue weighted by Crippen LogP contribution is 2.29. The topological polar surface area (TPSA) is 136 Å². The number of hydrogen-bond acceptors (Lipinski definition) is 8. The maximum absolute atomic E-state index is 13.4. The van der Waals surface area contributed by atoms with E-state index in [0.29, 0.717) is 11.4 Å². The van der Waals surface area contributed by atoms with E-state index >= 15 is 0 Å². The summed E-state index contributed by atoms with van der Waals surface area (Å²) in [5.41, 5.74) is 4.57. The molecule has 2 N–H and O–H groups in total. The molecule has 47 heavy (non-hydrogen) atoms. The number of hydrogen-bond donors (Lipinski definition) is 2. The van der Waals surface area contributed by atoms with Crippen LogP contribution in [0, 0.1) is 24.7 Å². The first-order chi connectivity index (χ1) is 22.5. The van der Waals surface area contributed by atoms with E-state index in [1.165, 1.54) is 10.4 Å². The van der Waals surface area contributed by atoms with Gasteiger partial charge in [-0.15, -0.1) is 0 Å². The lowest BCUT2D eigenvalue weighted by molar-refractivity contribution is -0.208. The van der Waals surface area contributed by atoms with E-state index in [1.54, 1.807) is 24.3 Å². The Morgan fingerprint density at radius 1 is 0.957 bits per heavy atom. The Labute approximate surface area is 268 Å². The fraction of sp³-hybridized carbons (Fsp3) is 0.424. The molecular weight excluding hydrogens is 621 g/mol. The number of fused-ring (bicyclic) bond motifs is 1. The summed E-state index contributed by atoms with van der Waals surface area (Å²) in [6, 6.07) is 16.2. The van der Waals surface area contributed by atoms with Gasteiger partial charge >= 0.3 is 18.2 Å². The van der Waals surface area contributed by atoms with Crippen molar-refractivity contribution >= 4 is 40.5 Å². The van der Waals surface area contributed by atoms with E-state index < -0.39 is 41.9 Å². The number of para-hydroxylation sites is 1. The summed E-state index contributed by atoms with van der Waals surface area (Å²) in [5.74, 6) is -5.97. The number of nitrogens with one attached hydrogen (secondary N) is 2. The fourth-order valence-electron chi connectivity index (χ4n) is 5.93. The lowest BCUT2D eigenvalue weighted by Gasteiger charge is -2.36. The molecule has 2 unspecified atom stereocenters. The first kappa shape index (κ1) is 33.5. The zero-order chi connectivity index (χ0) is 33.6. The third kappa shape index (κ3) is 8.69. The van der Waals surface area contributed by atoms with Crippen molar-refractivity contribution in [1.82, 2.24) is 15.4 Å². The van der Waals surface area contributed by atoms with Gasteiger partial charge in [0.05, 0.1) is 24.0 Å². The number of alkyl halides is 3. The second-order valence-corrected chi connectivity index (χ2v) is 11.8. The highest BCUT2D eigenvalue weighted by atomic mass is 19.4. The van der Waals surface area contributed by atoms with Crippen LogP contribution < -0.4 is 15.5 Å². The van der Waals surface area contributed by atoms with E-state index in [2.05, 4.69) is 15.1 Å². The van der Waals surface area contributed by atoms with Gasteiger partial charge in [0.25, 0.3) is 5.91 Å². The number of rotatable bonds is 8. The maximum atomic E-state index is 13.4. The Morgan fingerprint density at radius 3 is 2.40 bits per heavy atom. The Hall–Kier alpha value is -4.88. The molecule has 0 radical (unpaired) electrons. The van der Waals surface area contributed by atoms with E-state index in [9.17, 15) is 32.3 Å². The number of carbonyl (C=O) groups is 4. The monoisotopic (exact) mass is 656 g/mol. The molecule has 2 heterocycles. The summed E-state index contributed by atoms with van der Waals surface area (Å²) in [4.78, 5) is 59.9. The predicted molar refractivity (Wildman–Crippen MR) is 163 cm³/mol. The molecule has 14 heteroatoms. The zero-order valence-corrected chi connectivity index (χ0v) is 25.7. The van der Waals surface area contributed by atoms with Crippen molar-refractivity contribution in [1.29, 1.82) is 0 Å². The minimum Gasteiger partial charge on any atom is -0.489 e. The van der Waals surface area contributed by atoms with Gasteiger partial charge in [0.1, 0.15) is 12.4 Å². The number of carbonyl (C=O) groups excluding carboxylic acids is 4. The summed E-state index contributed by atoms with van der Waals surface area (Å²) in [7, 11) is 0. The van der Waals surface area contributed by atoms with Gasteiger partial charge in [-0.3, -0.25) is 14.6 Å². The van der Waals surface area contributed by atoms with Gasteiger partial charge in [0.15, 0.2) is 0 Å². The number of benzene rings is 2. The average molecular weight is 657 g/mol. The van der Waals surface area contributed by atoms with Gasteiger partial charge in [0, 0.05) is 35.4 Å². The Bertz CT molecular complexity index is 1610. The summed E-state index contributed by atoms with van der Waals surface area (Å²) < 4.78 is 49.3. The van der Waals surface area contributed by atoms with Crippen LogP contribution in [0.3, 0.4) is 0 Å². The standard InChI is InChI=1S/C33H35F3N4O7/c1-20-16-22(25-8-4-5-9-28(25)37-20)19-45-24-12-10-23(11-13-24)38-29(41)26-14-15-40(32(44)46-18-21-6-2-3-7-21)17-27(26)30(42)39-47-31(43)33(34,35)36/h4-5,8-13,16,21,26-27H,2-3,6-7,14-15,17-19H2,1H3,(H,38,41)(H,39,42). The molecule has 11 nitrogen and oxygen atoms in total. The van der Waals surface area contributed by atoms with E-state index in [0.717, 1.165) is 47.8 Å². The number of nitrogens with zero attached hydrogens (tertiary/aromatic N) is 2. The number of anilines is 1. The number of likely N-dealkylation sites (tertiary alicyclic amines) is 1. The predicted octanol–water partition coefficient (Wildman–Crippen LogP) is 5.46. The minimum absolute atomic E-state index is 0.0101. The Balaban J connectivity index is 1.21. The number of aromatic nitrogens is 1. The second-order valence-electron chi connectivity index (χ2n) is 11.8. The van der Waals surface area contributed by atoms with E-state index in [1.807, 2.05) is 37.3 Å². The van der Waals surface area contributed by atoms with E-state index in [-0.39, 0.29) is 38.6 Å². The molecule has 0 bridgehead atoms. The zero-order valence-electron chi connectivity index (χ0n) is 25.7.